The summed E-state index contributed by atoms with van der Waals surface area (Å²) in [4.78, 5) is 11.6. The first-order valence-corrected chi connectivity index (χ1v) is 5.23. The molecular formula is C11H8ClF2NO3. The number of nitrogens with zero attached hydrogens (tertiary/aromatic N) is 1. The van der Waals surface area contributed by atoms with E-state index in [0.717, 1.165) is 6.07 Å². The summed E-state index contributed by atoms with van der Waals surface area (Å²) in [6, 6.07) is 3.94. The molecule has 18 heavy (non-hydrogen) atoms. The Kier molecular flexibility index (Phi) is 4.86. The van der Waals surface area contributed by atoms with Crippen LogP contribution in [0.4, 0.5) is 8.78 Å². The number of ether oxygens (including phenoxy) is 2. The van der Waals surface area contributed by atoms with E-state index < -0.39 is 23.9 Å². The number of nitriles is 1. The summed E-state index contributed by atoms with van der Waals surface area (Å²) in [5.41, 5.74) is -0.652. The van der Waals surface area contributed by atoms with E-state index in [2.05, 4.69) is 9.47 Å². The van der Waals surface area contributed by atoms with Crippen LogP contribution in [0, 0.1) is 11.3 Å². The largest absolute Gasteiger partial charge is 0.462 e. The number of halogens is 3. The molecule has 0 saturated carbocycles. The molecule has 0 unspecified atom stereocenters. The van der Waals surface area contributed by atoms with Crippen LogP contribution in [0.1, 0.15) is 22.8 Å². The molecular weight excluding hydrogens is 268 g/mol. The Morgan fingerprint density at radius 2 is 2.22 bits per heavy atom. The summed E-state index contributed by atoms with van der Waals surface area (Å²) in [6.07, 6.45) is 0. The molecule has 0 aliphatic carbocycles. The minimum atomic E-state index is -3.12. The van der Waals surface area contributed by atoms with Gasteiger partial charge in [-0.3, -0.25) is 0 Å². The highest BCUT2D eigenvalue weighted by molar-refractivity contribution is 6.32. The van der Waals surface area contributed by atoms with Gasteiger partial charge in [-0.2, -0.15) is 14.0 Å². The molecule has 0 fully saturated rings. The van der Waals surface area contributed by atoms with E-state index >= 15 is 0 Å². The molecule has 0 aromatic heterocycles. The molecule has 1 aromatic rings. The first-order valence-electron chi connectivity index (χ1n) is 4.85. The predicted molar refractivity (Wildman–Crippen MR) is 58.8 cm³/mol. The van der Waals surface area contributed by atoms with Crippen molar-refractivity contribution < 1.29 is 23.0 Å². The van der Waals surface area contributed by atoms with Crippen molar-refractivity contribution in [3.63, 3.8) is 0 Å². The predicted octanol–water partition coefficient (Wildman–Crippen LogP) is 2.99. The Bertz CT molecular complexity index is 500. The van der Waals surface area contributed by atoms with Crippen molar-refractivity contribution in [1.82, 2.24) is 0 Å². The molecule has 7 heteroatoms. The number of carbonyl (C=O) groups is 1. The van der Waals surface area contributed by atoms with Crippen molar-refractivity contribution in [2.24, 2.45) is 0 Å². The molecule has 0 N–H and O–H groups in total. The summed E-state index contributed by atoms with van der Waals surface area (Å²) >= 11 is 5.71. The van der Waals surface area contributed by atoms with Gasteiger partial charge in [0.2, 0.25) is 0 Å². The molecule has 0 amide bonds. The molecule has 1 rings (SSSR count). The van der Waals surface area contributed by atoms with Gasteiger partial charge in [0, 0.05) is 0 Å². The zero-order chi connectivity index (χ0) is 13.7. The molecule has 1 aromatic carbocycles. The van der Waals surface area contributed by atoms with E-state index in [4.69, 9.17) is 16.9 Å². The zero-order valence-corrected chi connectivity index (χ0v) is 10.0. The summed E-state index contributed by atoms with van der Waals surface area (Å²) in [5.74, 6) is -1.38. The minimum Gasteiger partial charge on any atom is -0.462 e. The van der Waals surface area contributed by atoms with Crippen molar-refractivity contribution in [3.05, 3.63) is 28.3 Å². The summed E-state index contributed by atoms with van der Waals surface area (Å²) < 4.78 is 33.2. The van der Waals surface area contributed by atoms with Gasteiger partial charge >= 0.3 is 12.6 Å². The molecule has 0 bridgehead atoms. The average molecular weight is 276 g/mol. The van der Waals surface area contributed by atoms with Crippen molar-refractivity contribution >= 4 is 17.6 Å². The van der Waals surface area contributed by atoms with Crippen LogP contribution in [0.3, 0.4) is 0 Å². The second kappa shape index (κ2) is 6.17. The van der Waals surface area contributed by atoms with Gasteiger partial charge in [0.15, 0.2) is 0 Å². The van der Waals surface area contributed by atoms with Gasteiger partial charge in [0.25, 0.3) is 0 Å². The fourth-order valence-corrected chi connectivity index (χ4v) is 1.47. The number of hydrogen-bond donors (Lipinski definition) is 0. The van der Waals surface area contributed by atoms with E-state index in [-0.39, 0.29) is 17.2 Å². The molecule has 96 valence electrons. The lowest BCUT2D eigenvalue weighted by Gasteiger charge is -2.12. The quantitative estimate of drug-likeness (QED) is 0.793. The maximum atomic E-state index is 12.2. The first kappa shape index (κ1) is 14.2. The fourth-order valence-electron chi connectivity index (χ4n) is 1.27. The maximum Gasteiger partial charge on any atom is 0.387 e. The second-order valence-corrected chi connectivity index (χ2v) is 3.41. The minimum absolute atomic E-state index is 0.0321. The Balaban J connectivity index is 3.35. The number of carbonyl (C=O) groups excluding carboxylic acids is 1. The van der Waals surface area contributed by atoms with Crippen LogP contribution in [-0.4, -0.2) is 19.2 Å². The highest BCUT2D eigenvalue weighted by Gasteiger charge is 2.23. The highest BCUT2D eigenvalue weighted by Crippen LogP contribution is 2.30. The van der Waals surface area contributed by atoms with Crippen LogP contribution < -0.4 is 4.74 Å². The lowest BCUT2D eigenvalue weighted by atomic mass is 10.1. The van der Waals surface area contributed by atoms with Crippen molar-refractivity contribution in [2.75, 3.05) is 6.61 Å². The summed E-state index contributed by atoms with van der Waals surface area (Å²) in [6.45, 7) is -1.54. The number of esters is 1. The fraction of sp³-hybridized carbons (Fsp3) is 0.273. The van der Waals surface area contributed by atoms with E-state index in [1.54, 1.807) is 13.0 Å². The van der Waals surface area contributed by atoms with Crippen LogP contribution in [0.5, 0.6) is 5.75 Å². The third-order valence-electron chi connectivity index (χ3n) is 1.92. The summed E-state index contributed by atoms with van der Waals surface area (Å²) in [7, 11) is 0. The molecule has 0 spiro atoms. The van der Waals surface area contributed by atoms with Crippen LogP contribution in [-0.2, 0) is 4.74 Å². The number of hydrogen-bond acceptors (Lipinski definition) is 4. The number of alkyl halides is 2. The molecule has 0 saturated heterocycles. The topological polar surface area (TPSA) is 59.3 Å². The number of rotatable bonds is 4. The Hall–Kier alpha value is -1.87. The lowest BCUT2D eigenvalue weighted by Crippen LogP contribution is -2.12. The van der Waals surface area contributed by atoms with Crippen LogP contribution >= 0.6 is 11.6 Å². The first-order chi connectivity index (χ1) is 8.51. The molecule has 0 radical (unpaired) electrons. The van der Waals surface area contributed by atoms with Crippen molar-refractivity contribution in [2.45, 2.75) is 13.5 Å². The van der Waals surface area contributed by atoms with Crippen LogP contribution in [0.25, 0.3) is 0 Å². The van der Waals surface area contributed by atoms with E-state index in [0.29, 0.717) is 0 Å². The Morgan fingerprint density at radius 1 is 1.56 bits per heavy atom. The zero-order valence-electron chi connectivity index (χ0n) is 9.25. The normalized spacial score (nSPS) is 10.0. The van der Waals surface area contributed by atoms with Gasteiger partial charge in [0.05, 0.1) is 17.2 Å². The SMILES string of the molecule is CCOC(=O)c1c(OC(F)F)ccc(Cl)c1C#N. The molecule has 0 aliphatic rings. The smallest absolute Gasteiger partial charge is 0.387 e. The van der Waals surface area contributed by atoms with E-state index in [9.17, 15) is 13.6 Å². The monoisotopic (exact) mass is 275 g/mol. The lowest BCUT2D eigenvalue weighted by molar-refractivity contribution is -0.0504. The van der Waals surface area contributed by atoms with Crippen molar-refractivity contribution in [3.8, 4) is 11.8 Å². The highest BCUT2D eigenvalue weighted by atomic mass is 35.5. The Morgan fingerprint density at radius 3 is 2.72 bits per heavy atom. The van der Waals surface area contributed by atoms with Gasteiger partial charge in [-0.25, -0.2) is 4.79 Å². The number of benzene rings is 1. The molecule has 4 nitrogen and oxygen atoms in total. The van der Waals surface area contributed by atoms with Gasteiger partial charge in [-0.05, 0) is 19.1 Å². The van der Waals surface area contributed by atoms with Crippen LogP contribution in [0.2, 0.25) is 5.02 Å². The van der Waals surface area contributed by atoms with Gasteiger partial charge < -0.3 is 9.47 Å². The summed E-state index contributed by atoms with van der Waals surface area (Å²) in [5, 5.41) is 8.85. The molecule has 0 aliphatic heterocycles. The standard InChI is InChI=1S/C11H8ClF2NO3/c1-2-17-10(16)9-6(5-15)7(12)3-4-8(9)18-11(13)14/h3-4,11H,2H2,1H3. The Labute approximate surface area is 107 Å². The molecule has 0 heterocycles. The van der Waals surface area contributed by atoms with Gasteiger partial charge in [-0.1, -0.05) is 11.6 Å². The second-order valence-electron chi connectivity index (χ2n) is 3.01. The van der Waals surface area contributed by atoms with Crippen molar-refractivity contribution in [1.29, 1.82) is 5.26 Å². The van der Waals surface area contributed by atoms with Crippen LogP contribution in [0.15, 0.2) is 12.1 Å². The average Bonchev–Trinajstić information content (AvgIpc) is 2.30. The third-order valence-corrected chi connectivity index (χ3v) is 2.24. The maximum absolute atomic E-state index is 12.2. The van der Waals surface area contributed by atoms with Gasteiger partial charge in [0.1, 0.15) is 17.4 Å². The van der Waals surface area contributed by atoms with Gasteiger partial charge in [-0.15, -0.1) is 0 Å². The van der Waals surface area contributed by atoms with E-state index in [1.807, 2.05) is 0 Å². The molecule has 0 atom stereocenters. The third kappa shape index (κ3) is 3.08. The van der Waals surface area contributed by atoms with E-state index in [1.165, 1.54) is 6.07 Å².